The van der Waals surface area contributed by atoms with Gasteiger partial charge in [0.25, 0.3) is 27.8 Å². The van der Waals surface area contributed by atoms with E-state index in [2.05, 4.69) is 50.7 Å². The quantitative estimate of drug-likeness (QED) is 0.0114. The summed E-state index contributed by atoms with van der Waals surface area (Å²) in [5.74, 6) is -8.50. The Morgan fingerprint density at radius 3 is 2.16 bits per heavy atom. The SMILES string of the molecule is Cc1c(-c2ccc(N3CCc4cccc(C(=O)Nc5nc6ccccc6s5)c4C3)nc2C(=O)O)cnn1CC12CC3(C)CC(C)(C1)CC(OCCN(CCS(=O)(=O)O)C(=O)OCc1ccc(NC(=O)[C@H](CCCNC(N)=O)NC(=O)[C@@H](NC(=O)[C@H](CCCC(=O)O)NC(=O)CN4C(=O)C=CC4=O)C(C)C)cc1)(C3)C2. The van der Waals surface area contributed by atoms with Gasteiger partial charge in [0.2, 0.25) is 23.6 Å². The van der Waals surface area contributed by atoms with Gasteiger partial charge in [-0.25, -0.2) is 24.4 Å². The van der Waals surface area contributed by atoms with Gasteiger partial charge in [-0.2, -0.15) is 13.5 Å². The van der Waals surface area contributed by atoms with E-state index in [4.69, 9.17) is 25.3 Å². The second-order valence-electron chi connectivity index (χ2n) is 30.2. The van der Waals surface area contributed by atoms with Gasteiger partial charge in [-0.1, -0.05) is 75.4 Å². The maximum Gasteiger partial charge on any atom is 0.410 e. The number of carboxylic acid groups (broad SMARTS) is 2. The summed E-state index contributed by atoms with van der Waals surface area (Å²) >= 11 is 1.39. The van der Waals surface area contributed by atoms with Crippen LogP contribution in [0.25, 0.3) is 21.3 Å². The standard InChI is InChI=1S/C75H90N14O18S2/c1-44(2)62(84-66(97)54(14-9-17-61(93)94)80-58(90)35-88-59(91)24-25-60(88)92)67(98)81-55(15-10-27-77-69(76)101)65(96)79-48-20-18-46(19-21-48)36-106-71(102)86(30-32-109(103,104)105)29-31-107-75-40-72(4)37-73(5,41-75)39-74(38-72,42-75)43-89-45(3)51(33-78-89)49-22-23-57(83-63(49)68(99)100)87-28-26-47-11-8-12-50(52(47)34-87)64(95)85-70-82-53-13-6-7-16-56(53)108-70/h6-8,11-13,16,18-25,33,44,54-55,62H,9-10,14-15,17,26-32,34-43H2,1-5H3,(H,79,96)(H,80,90)(H,81,98)(H,84,97)(H,93,94)(H,99,100)(H3,76,77,101)(H,82,85,95)(H,103,104,105)/t54-,55-,62-,72?,73?,74?,75?/m0/s1. The number of hydrogen-bond acceptors (Lipinski definition) is 20. The smallest absolute Gasteiger partial charge is 0.410 e. The molecule has 3 aromatic carbocycles. The Labute approximate surface area is 632 Å². The third-order valence-electron chi connectivity index (χ3n) is 20.8. The number of aromatic nitrogens is 4. The number of primary amides is 1. The average Bonchev–Trinajstić information content (AvgIpc) is 0.955. The fraction of sp³-hybridized carbons (Fsp3) is 0.467. The maximum atomic E-state index is 14.1. The van der Waals surface area contributed by atoms with Crippen molar-refractivity contribution in [2.75, 3.05) is 60.6 Å². The first-order valence-corrected chi connectivity index (χ1v) is 38.5. The molecule has 32 nitrogen and oxygen atoms in total. The zero-order valence-electron chi connectivity index (χ0n) is 61.1. The van der Waals surface area contributed by atoms with Crippen molar-refractivity contribution in [2.45, 2.75) is 155 Å². The topological polar surface area (TPSA) is 453 Å². The van der Waals surface area contributed by atoms with Crippen LogP contribution in [0.4, 0.5) is 26.2 Å². The molecule has 6 aromatic rings. The van der Waals surface area contributed by atoms with Gasteiger partial charge in [-0.3, -0.25) is 57.8 Å². The molecule has 6 aliphatic rings. The van der Waals surface area contributed by atoms with Gasteiger partial charge in [0.05, 0.1) is 34.4 Å². The van der Waals surface area contributed by atoms with Crippen molar-refractivity contribution in [1.82, 2.24) is 50.8 Å². The number of aromatic carboxylic acids is 1. The van der Waals surface area contributed by atoms with Crippen molar-refractivity contribution >= 4 is 114 Å². The molecule has 2 unspecified atom stereocenters. The number of nitrogens with two attached hydrogens (primary N) is 1. The van der Waals surface area contributed by atoms with E-state index >= 15 is 0 Å². The Morgan fingerprint density at radius 1 is 0.771 bits per heavy atom. The predicted octanol–water partition coefficient (Wildman–Crippen LogP) is 6.72. The maximum absolute atomic E-state index is 14.1. The summed E-state index contributed by atoms with van der Waals surface area (Å²) in [6.45, 7) is 9.47. The largest absolute Gasteiger partial charge is 0.481 e. The lowest BCUT2D eigenvalue weighted by Crippen LogP contribution is -2.64. The number of pyridine rings is 1. The minimum absolute atomic E-state index is 0.00609. The number of ether oxygens (including phenoxy) is 2. The van der Waals surface area contributed by atoms with E-state index in [0.717, 1.165) is 76.2 Å². The highest BCUT2D eigenvalue weighted by Gasteiger charge is 2.66. The number of nitrogens with one attached hydrogen (secondary N) is 6. The summed E-state index contributed by atoms with van der Waals surface area (Å²) in [5.41, 5.74) is 9.46. The second-order valence-corrected chi connectivity index (χ2v) is 32.8. The summed E-state index contributed by atoms with van der Waals surface area (Å²) < 4.78 is 49.7. The van der Waals surface area contributed by atoms with Crippen LogP contribution >= 0.6 is 11.3 Å². The van der Waals surface area contributed by atoms with E-state index in [1.54, 1.807) is 44.3 Å². The van der Waals surface area contributed by atoms with E-state index < -0.39 is 118 Å². The molecule has 4 aliphatic carbocycles. The first-order valence-electron chi connectivity index (χ1n) is 36.1. The van der Waals surface area contributed by atoms with Gasteiger partial charge in [-0.15, -0.1) is 0 Å². The van der Waals surface area contributed by atoms with Crippen LogP contribution in [-0.4, -0.2) is 187 Å². The Bertz CT molecular complexity index is 4630. The number of nitrogens with zero attached hydrogens (tertiary/aromatic N) is 7. The van der Waals surface area contributed by atoms with Gasteiger partial charge in [0, 0.05) is 85.9 Å². The number of anilines is 3. The minimum Gasteiger partial charge on any atom is -0.481 e. The van der Waals surface area contributed by atoms with Crippen molar-refractivity contribution in [2.24, 2.45) is 27.9 Å². The number of carbonyl (C=O) groups excluding carboxylic acids is 9. The molecule has 0 saturated heterocycles. The lowest BCUT2D eigenvalue weighted by molar-refractivity contribution is -0.248. The molecule has 4 saturated carbocycles. The molecule has 5 heterocycles. The van der Waals surface area contributed by atoms with Crippen LogP contribution in [0, 0.1) is 29.1 Å². The van der Waals surface area contributed by atoms with Crippen LogP contribution in [0.1, 0.15) is 142 Å². The Kier molecular flexibility index (Phi) is 24.0. The first kappa shape index (κ1) is 79.3. The summed E-state index contributed by atoms with van der Waals surface area (Å²) in [4.78, 5) is 156. The summed E-state index contributed by atoms with van der Waals surface area (Å²) in [6.07, 6.45) is 7.58. The van der Waals surface area contributed by atoms with Gasteiger partial charge in [0.1, 0.15) is 37.1 Å². The Hall–Kier alpha value is -10.7. The number of carbonyl (C=O) groups is 11. The summed E-state index contributed by atoms with van der Waals surface area (Å²) in [6, 6.07) is 18.1. The van der Waals surface area contributed by atoms with Crippen LogP contribution < -0.4 is 42.5 Å². The Morgan fingerprint density at radius 2 is 1.48 bits per heavy atom. The number of rotatable bonds is 34. The molecule has 4 fully saturated rings. The van der Waals surface area contributed by atoms with E-state index in [-0.39, 0.29) is 91.9 Å². The molecule has 11 N–H and O–H groups in total. The lowest BCUT2D eigenvalue weighted by Gasteiger charge is -2.69. The molecule has 109 heavy (non-hydrogen) atoms. The van der Waals surface area contributed by atoms with Crippen molar-refractivity contribution in [3.8, 4) is 11.1 Å². The summed E-state index contributed by atoms with van der Waals surface area (Å²) in [7, 11) is -4.55. The first-order chi connectivity index (χ1) is 51.7. The molecule has 0 radical (unpaired) electrons. The number of imide groups is 1. The molecule has 10 amide bonds. The number of fused-ring (bicyclic) bond motifs is 2. The van der Waals surface area contributed by atoms with E-state index in [9.17, 15) is 75.9 Å². The van der Waals surface area contributed by atoms with Crippen molar-refractivity contribution in [3.63, 3.8) is 0 Å². The zero-order chi connectivity index (χ0) is 78.3. The van der Waals surface area contributed by atoms with E-state index in [1.165, 1.54) is 23.5 Å². The fourth-order valence-corrected chi connectivity index (χ4v) is 18.3. The lowest BCUT2D eigenvalue weighted by atomic mass is 9.39. The van der Waals surface area contributed by atoms with E-state index in [1.807, 2.05) is 59.0 Å². The highest BCUT2D eigenvalue weighted by molar-refractivity contribution is 7.85. The molecule has 2 aliphatic heterocycles. The number of thiazole rings is 1. The van der Waals surface area contributed by atoms with Crippen molar-refractivity contribution < 1.29 is 85.4 Å². The highest BCUT2D eigenvalue weighted by atomic mass is 32.2. The number of carboxylic acids is 2. The minimum atomic E-state index is -4.55. The predicted molar refractivity (Wildman–Crippen MR) is 399 cm³/mol. The van der Waals surface area contributed by atoms with Crippen LogP contribution in [-0.2, 0) is 79.3 Å². The third-order valence-corrected chi connectivity index (χ3v) is 22.4. The van der Waals surface area contributed by atoms with Gasteiger partial charge >= 0.3 is 24.1 Å². The van der Waals surface area contributed by atoms with Gasteiger partial charge < -0.3 is 61.8 Å². The Balaban J connectivity index is 0.709. The molecular weight excluding hydrogens is 1450 g/mol. The van der Waals surface area contributed by atoms with Gasteiger partial charge in [-0.05, 0) is 159 Å². The molecule has 12 rings (SSSR count). The number of para-hydroxylation sites is 1. The number of amides is 10. The fourth-order valence-electron chi connectivity index (χ4n) is 17.0. The zero-order valence-corrected chi connectivity index (χ0v) is 62.7. The normalized spacial score (nSPS) is 20.6. The monoisotopic (exact) mass is 1540 g/mol. The van der Waals surface area contributed by atoms with Crippen LogP contribution in [0.3, 0.4) is 0 Å². The molecule has 5 atom stereocenters. The number of urea groups is 1. The van der Waals surface area contributed by atoms with Crippen LogP contribution in [0.15, 0.2) is 97.2 Å². The molecule has 580 valence electrons. The molecule has 4 bridgehead atoms. The number of hydrogen-bond donors (Lipinski definition) is 10. The van der Waals surface area contributed by atoms with Crippen molar-refractivity contribution in [1.29, 1.82) is 0 Å². The van der Waals surface area contributed by atoms with E-state index in [0.29, 0.717) is 70.6 Å². The molecule has 0 spiro atoms. The van der Waals surface area contributed by atoms with Crippen LogP contribution in [0.2, 0.25) is 0 Å². The molecule has 3 aromatic heterocycles. The summed E-state index contributed by atoms with van der Waals surface area (Å²) in [5, 5.41) is 41.2. The van der Waals surface area contributed by atoms with Gasteiger partial charge in [0.15, 0.2) is 10.8 Å². The van der Waals surface area contributed by atoms with Crippen molar-refractivity contribution in [3.05, 3.63) is 131 Å². The molecule has 34 heteroatoms. The number of benzene rings is 3. The third kappa shape index (κ3) is 19.6. The second kappa shape index (κ2) is 33.0. The number of aliphatic carboxylic acids is 1. The highest BCUT2D eigenvalue weighted by Crippen LogP contribution is 2.72. The average molecular weight is 1540 g/mol. The van der Waals surface area contributed by atoms with Crippen LogP contribution in [0.5, 0.6) is 0 Å². The molecular formula is C75H90N14O18S2.